The first-order chi connectivity index (χ1) is 12.5. The van der Waals surface area contributed by atoms with Crippen molar-refractivity contribution in [2.24, 2.45) is 0 Å². The highest BCUT2D eigenvalue weighted by molar-refractivity contribution is 5.85. The Morgan fingerprint density at radius 1 is 1.19 bits per heavy atom. The van der Waals surface area contributed by atoms with E-state index < -0.39 is 17.6 Å². The Hall–Kier alpha value is -3.55. The molecular formula is C18H13FN4O3. The second kappa shape index (κ2) is 5.76. The quantitative estimate of drug-likeness (QED) is 0.612. The molecule has 0 aliphatic rings. The molecule has 4 aromatic rings. The molecule has 130 valence electrons. The summed E-state index contributed by atoms with van der Waals surface area (Å²) in [4.78, 5) is 28.1. The van der Waals surface area contributed by atoms with Crippen molar-refractivity contribution in [3.63, 3.8) is 0 Å². The first-order valence-electron chi connectivity index (χ1n) is 7.83. The molecule has 0 fully saturated rings. The van der Waals surface area contributed by atoms with Gasteiger partial charge in [-0.25, -0.2) is 18.7 Å². The second-order valence-corrected chi connectivity index (χ2v) is 5.90. The van der Waals surface area contributed by atoms with Crippen LogP contribution >= 0.6 is 0 Å². The number of aliphatic carboxylic acids is 1. The summed E-state index contributed by atoms with van der Waals surface area (Å²) < 4.78 is 15.8. The monoisotopic (exact) mass is 352 g/mol. The van der Waals surface area contributed by atoms with Crippen LogP contribution in [0, 0.1) is 5.82 Å². The van der Waals surface area contributed by atoms with Crippen LogP contribution in [0.5, 0.6) is 0 Å². The number of nitrogens with zero attached hydrogens (tertiary/aromatic N) is 4. The standard InChI is InChI=1S/C18H13FN4O3/c1-10(18(25)26)22-7-6-15-14(17(22)24)8-20-16-13(9-21-23(15)16)11-2-4-12(19)5-3-11/h2-10H,1H3,(H,25,26)/t10-/m0/s1. The summed E-state index contributed by atoms with van der Waals surface area (Å²) in [5.74, 6) is -1.44. The zero-order valence-electron chi connectivity index (χ0n) is 13.6. The van der Waals surface area contributed by atoms with Crippen LogP contribution in [0.25, 0.3) is 27.7 Å². The molecule has 1 atom stereocenters. The Morgan fingerprint density at radius 3 is 2.62 bits per heavy atom. The van der Waals surface area contributed by atoms with Crippen molar-refractivity contribution in [1.29, 1.82) is 0 Å². The largest absolute Gasteiger partial charge is 0.480 e. The van der Waals surface area contributed by atoms with Gasteiger partial charge in [-0.15, -0.1) is 0 Å². The van der Waals surface area contributed by atoms with Crippen molar-refractivity contribution in [2.75, 3.05) is 0 Å². The van der Waals surface area contributed by atoms with E-state index in [1.807, 2.05) is 0 Å². The summed E-state index contributed by atoms with van der Waals surface area (Å²) in [6.45, 7) is 1.43. The van der Waals surface area contributed by atoms with E-state index in [1.165, 1.54) is 36.0 Å². The number of carboxylic acids is 1. The molecule has 0 unspecified atom stereocenters. The highest BCUT2D eigenvalue weighted by atomic mass is 19.1. The summed E-state index contributed by atoms with van der Waals surface area (Å²) in [6.07, 6.45) is 4.44. The van der Waals surface area contributed by atoms with E-state index >= 15 is 0 Å². The van der Waals surface area contributed by atoms with Crippen molar-refractivity contribution in [1.82, 2.24) is 19.2 Å². The van der Waals surface area contributed by atoms with Crippen LogP contribution < -0.4 is 5.56 Å². The van der Waals surface area contributed by atoms with Gasteiger partial charge in [0.15, 0.2) is 5.65 Å². The number of fused-ring (bicyclic) bond motifs is 3. The highest BCUT2D eigenvalue weighted by Crippen LogP contribution is 2.25. The van der Waals surface area contributed by atoms with E-state index in [4.69, 9.17) is 5.11 Å². The minimum absolute atomic E-state index is 0.266. The number of hydrogen-bond acceptors (Lipinski definition) is 4. The summed E-state index contributed by atoms with van der Waals surface area (Å²) in [5.41, 5.74) is 2.04. The fourth-order valence-electron chi connectivity index (χ4n) is 2.89. The van der Waals surface area contributed by atoms with Crippen LogP contribution in [-0.2, 0) is 4.79 Å². The minimum Gasteiger partial charge on any atom is -0.480 e. The topological polar surface area (TPSA) is 89.5 Å². The van der Waals surface area contributed by atoms with Crippen molar-refractivity contribution in [3.05, 3.63) is 65.1 Å². The molecule has 0 saturated heterocycles. The number of halogens is 1. The van der Waals surface area contributed by atoms with Gasteiger partial charge in [-0.1, -0.05) is 12.1 Å². The Bertz CT molecular complexity index is 1210. The van der Waals surface area contributed by atoms with E-state index in [0.29, 0.717) is 16.7 Å². The number of aromatic nitrogens is 4. The van der Waals surface area contributed by atoms with Gasteiger partial charge < -0.3 is 9.67 Å². The maximum absolute atomic E-state index is 13.1. The lowest BCUT2D eigenvalue weighted by atomic mass is 10.1. The smallest absolute Gasteiger partial charge is 0.326 e. The summed E-state index contributed by atoms with van der Waals surface area (Å²) in [5, 5.41) is 13.7. The average Bonchev–Trinajstić information content (AvgIpc) is 3.06. The molecule has 0 bridgehead atoms. The molecule has 0 amide bonds. The van der Waals surface area contributed by atoms with Gasteiger partial charge >= 0.3 is 5.97 Å². The van der Waals surface area contributed by atoms with Crippen molar-refractivity contribution in [3.8, 4) is 11.1 Å². The van der Waals surface area contributed by atoms with Gasteiger partial charge in [-0.3, -0.25) is 4.79 Å². The first kappa shape index (κ1) is 15.9. The van der Waals surface area contributed by atoms with Gasteiger partial charge in [-0.2, -0.15) is 5.10 Å². The molecule has 3 heterocycles. The lowest BCUT2D eigenvalue weighted by Crippen LogP contribution is -2.27. The molecule has 4 rings (SSSR count). The Labute approximate surface area is 146 Å². The molecule has 0 radical (unpaired) electrons. The van der Waals surface area contributed by atoms with Gasteiger partial charge in [0.25, 0.3) is 5.56 Å². The van der Waals surface area contributed by atoms with Gasteiger partial charge in [0.05, 0.1) is 17.1 Å². The number of hydrogen-bond donors (Lipinski definition) is 1. The van der Waals surface area contributed by atoms with Crippen molar-refractivity contribution >= 4 is 22.5 Å². The van der Waals surface area contributed by atoms with Crippen LogP contribution in [-0.4, -0.2) is 30.2 Å². The molecule has 26 heavy (non-hydrogen) atoms. The van der Waals surface area contributed by atoms with E-state index in [0.717, 1.165) is 10.1 Å². The Morgan fingerprint density at radius 2 is 1.92 bits per heavy atom. The zero-order valence-corrected chi connectivity index (χ0v) is 13.6. The molecule has 0 spiro atoms. The van der Waals surface area contributed by atoms with E-state index in [1.54, 1.807) is 24.4 Å². The molecule has 1 N–H and O–H groups in total. The number of rotatable bonds is 3. The third-order valence-corrected chi connectivity index (χ3v) is 4.35. The lowest BCUT2D eigenvalue weighted by Gasteiger charge is -2.11. The summed E-state index contributed by atoms with van der Waals surface area (Å²) >= 11 is 0. The third kappa shape index (κ3) is 2.34. The maximum atomic E-state index is 13.1. The Kier molecular flexibility index (Phi) is 3.54. The molecule has 0 aliphatic heterocycles. The van der Waals surface area contributed by atoms with Gasteiger partial charge in [0, 0.05) is 18.0 Å². The van der Waals surface area contributed by atoms with Crippen molar-refractivity contribution < 1.29 is 14.3 Å². The van der Waals surface area contributed by atoms with Crippen LogP contribution in [0.2, 0.25) is 0 Å². The third-order valence-electron chi connectivity index (χ3n) is 4.35. The second-order valence-electron chi connectivity index (χ2n) is 5.90. The molecule has 0 aliphatic carbocycles. The van der Waals surface area contributed by atoms with E-state index in [-0.39, 0.29) is 11.2 Å². The SMILES string of the molecule is C[C@@H](C(=O)O)n1ccc2c(cnc3c(-c4ccc(F)cc4)cnn32)c1=O. The normalized spacial score (nSPS) is 12.5. The van der Waals surface area contributed by atoms with Crippen LogP contribution in [0.15, 0.2) is 53.7 Å². The fraction of sp³-hybridized carbons (Fsp3) is 0.111. The predicted octanol–water partition coefficient (Wildman–Crippen LogP) is 2.50. The number of carboxylic acid groups (broad SMARTS) is 1. The predicted molar refractivity (Wildman–Crippen MR) is 92.5 cm³/mol. The fourth-order valence-corrected chi connectivity index (χ4v) is 2.89. The molecule has 3 aromatic heterocycles. The molecular weight excluding hydrogens is 339 g/mol. The van der Waals surface area contributed by atoms with Crippen LogP contribution in [0.3, 0.4) is 0 Å². The summed E-state index contributed by atoms with van der Waals surface area (Å²) in [7, 11) is 0. The number of benzene rings is 1. The summed E-state index contributed by atoms with van der Waals surface area (Å²) in [6, 6.07) is 6.61. The lowest BCUT2D eigenvalue weighted by molar-refractivity contribution is -0.140. The first-order valence-corrected chi connectivity index (χ1v) is 7.83. The zero-order chi connectivity index (χ0) is 18.4. The van der Waals surface area contributed by atoms with Crippen molar-refractivity contribution in [2.45, 2.75) is 13.0 Å². The molecule has 7 nitrogen and oxygen atoms in total. The van der Waals surface area contributed by atoms with E-state index in [2.05, 4.69) is 10.1 Å². The van der Waals surface area contributed by atoms with Gasteiger partial charge in [0.1, 0.15) is 11.9 Å². The van der Waals surface area contributed by atoms with Crippen LogP contribution in [0.4, 0.5) is 4.39 Å². The van der Waals surface area contributed by atoms with E-state index in [9.17, 15) is 14.0 Å². The minimum atomic E-state index is -1.10. The van der Waals surface area contributed by atoms with Crippen LogP contribution in [0.1, 0.15) is 13.0 Å². The highest BCUT2D eigenvalue weighted by Gasteiger charge is 2.18. The molecule has 0 saturated carbocycles. The van der Waals surface area contributed by atoms with Gasteiger partial charge in [-0.05, 0) is 30.7 Å². The number of carbonyl (C=O) groups is 1. The number of pyridine rings is 1. The maximum Gasteiger partial charge on any atom is 0.326 e. The molecule has 1 aromatic carbocycles. The van der Waals surface area contributed by atoms with Gasteiger partial charge in [0.2, 0.25) is 0 Å². The Balaban J connectivity index is 1.94. The molecule has 8 heteroatoms. The average molecular weight is 352 g/mol.